The van der Waals surface area contributed by atoms with Gasteiger partial charge in [0.25, 0.3) is 0 Å². The number of aryl methyl sites for hydroxylation is 3. The van der Waals surface area contributed by atoms with Crippen LogP contribution >= 0.6 is 12.2 Å². The first-order chi connectivity index (χ1) is 5.61. The van der Waals surface area contributed by atoms with E-state index in [0.29, 0.717) is 0 Å². The lowest BCUT2D eigenvalue weighted by Crippen LogP contribution is -1.88. The molecule has 0 amide bonds. The first-order valence-electron chi connectivity index (χ1n) is 4.28. The summed E-state index contributed by atoms with van der Waals surface area (Å²) >= 11 is 5.04. The Morgan fingerprint density at radius 1 is 1.08 bits per heavy atom. The Kier molecular flexibility index (Phi) is 4.83. The molecule has 0 aromatic carbocycles. The second-order valence-electron chi connectivity index (χ2n) is 2.59. The third-order valence-corrected chi connectivity index (χ3v) is 2.11. The van der Waals surface area contributed by atoms with Crippen LogP contribution in [0.15, 0.2) is 6.07 Å². The summed E-state index contributed by atoms with van der Waals surface area (Å²) < 4.78 is 0.850. The largest absolute Gasteiger partial charge is 0.350 e. The second-order valence-corrected chi connectivity index (χ2v) is 3.00. The summed E-state index contributed by atoms with van der Waals surface area (Å²) in [6.07, 6.45) is 0. The maximum Gasteiger partial charge on any atom is 0.106 e. The zero-order valence-electron chi connectivity index (χ0n) is 8.49. The van der Waals surface area contributed by atoms with Gasteiger partial charge in [0.1, 0.15) is 4.64 Å². The van der Waals surface area contributed by atoms with Crippen molar-refractivity contribution in [3.63, 3.8) is 0 Å². The molecule has 0 fully saturated rings. The molecule has 12 heavy (non-hydrogen) atoms. The maximum atomic E-state index is 5.04. The van der Waals surface area contributed by atoms with E-state index in [-0.39, 0.29) is 0 Å². The summed E-state index contributed by atoms with van der Waals surface area (Å²) in [6.45, 7) is 10.1. The molecule has 0 saturated heterocycles. The quantitative estimate of drug-likeness (QED) is 0.606. The van der Waals surface area contributed by atoms with Crippen molar-refractivity contribution in [1.29, 1.82) is 0 Å². The van der Waals surface area contributed by atoms with Crippen LogP contribution in [-0.2, 0) is 0 Å². The molecule has 1 aromatic rings. The number of rotatable bonds is 0. The van der Waals surface area contributed by atoms with Gasteiger partial charge in [-0.15, -0.1) is 0 Å². The first kappa shape index (κ1) is 11.4. The van der Waals surface area contributed by atoms with E-state index in [4.69, 9.17) is 12.2 Å². The number of pyridine rings is 1. The molecule has 1 heterocycles. The number of H-pyrrole nitrogens is 1. The van der Waals surface area contributed by atoms with E-state index in [9.17, 15) is 0 Å². The van der Waals surface area contributed by atoms with Crippen LogP contribution in [0.5, 0.6) is 0 Å². The maximum absolute atomic E-state index is 5.04. The van der Waals surface area contributed by atoms with Crippen molar-refractivity contribution in [1.82, 2.24) is 4.98 Å². The molecule has 0 saturated carbocycles. The topological polar surface area (TPSA) is 15.8 Å². The highest BCUT2D eigenvalue weighted by molar-refractivity contribution is 7.71. The summed E-state index contributed by atoms with van der Waals surface area (Å²) in [5.41, 5.74) is 3.58. The lowest BCUT2D eigenvalue weighted by molar-refractivity contribution is 1.11. The van der Waals surface area contributed by atoms with Crippen molar-refractivity contribution in [3.05, 3.63) is 27.5 Å². The minimum absolute atomic E-state index is 0.850. The van der Waals surface area contributed by atoms with Gasteiger partial charge in [0.05, 0.1) is 0 Å². The van der Waals surface area contributed by atoms with Crippen molar-refractivity contribution in [3.8, 4) is 0 Å². The van der Waals surface area contributed by atoms with Crippen molar-refractivity contribution < 1.29 is 0 Å². The summed E-state index contributed by atoms with van der Waals surface area (Å²) in [4.78, 5) is 3.12. The Morgan fingerprint density at radius 3 is 2.00 bits per heavy atom. The Balaban J connectivity index is 0.000000561. The molecule has 0 aliphatic heterocycles. The van der Waals surface area contributed by atoms with Crippen LogP contribution in [0.4, 0.5) is 0 Å². The number of hydrogen-bond acceptors (Lipinski definition) is 1. The standard InChI is InChI=1S/C8H11NS.C2H6/c1-5-4-6(2)8(10)9-7(5)3;1-2/h4H,1-3H3,(H,9,10);1-2H3. The minimum Gasteiger partial charge on any atom is -0.350 e. The predicted octanol–water partition coefficient (Wildman–Crippen LogP) is 3.70. The summed E-state index contributed by atoms with van der Waals surface area (Å²) in [5, 5.41) is 0. The van der Waals surface area contributed by atoms with Crippen molar-refractivity contribution in [2.24, 2.45) is 0 Å². The van der Waals surface area contributed by atoms with Gasteiger partial charge in [0.15, 0.2) is 0 Å². The van der Waals surface area contributed by atoms with Crippen LogP contribution in [-0.4, -0.2) is 4.98 Å². The molecule has 1 nitrogen and oxygen atoms in total. The molecule has 2 heteroatoms. The van der Waals surface area contributed by atoms with Gasteiger partial charge in [-0.25, -0.2) is 0 Å². The summed E-state index contributed by atoms with van der Waals surface area (Å²) in [5.74, 6) is 0. The van der Waals surface area contributed by atoms with E-state index in [2.05, 4.69) is 18.0 Å². The molecule has 0 atom stereocenters. The molecule has 1 rings (SSSR count). The highest BCUT2D eigenvalue weighted by Gasteiger charge is 1.93. The van der Waals surface area contributed by atoms with Gasteiger partial charge in [-0.05, 0) is 31.9 Å². The number of aromatic amines is 1. The monoisotopic (exact) mass is 183 g/mol. The van der Waals surface area contributed by atoms with Gasteiger partial charge in [-0.1, -0.05) is 32.1 Å². The fraction of sp³-hybridized carbons (Fsp3) is 0.500. The van der Waals surface area contributed by atoms with E-state index in [1.807, 2.05) is 27.7 Å². The third kappa shape index (κ3) is 2.78. The zero-order valence-corrected chi connectivity index (χ0v) is 9.30. The molecular formula is C10H17NS. The van der Waals surface area contributed by atoms with E-state index in [0.717, 1.165) is 15.9 Å². The molecule has 1 N–H and O–H groups in total. The smallest absolute Gasteiger partial charge is 0.106 e. The van der Waals surface area contributed by atoms with Crippen LogP contribution in [0, 0.1) is 25.4 Å². The van der Waals surface area contributed by atoms with Crippen LogP contribution in [0.25, 0.3) is 0 Å². The molecule has 0 bridgehead atoms. The van der Waals surface area contributed by atoms with Gasteiger partial charge in [-0.2, -0.15) is 0 Å². The lowest BCUT2D eigenvalue weighted by atomic mass is 10.2. The third-order valence-electron chi connectivity index (χ3n) is 1.68. The molecule has 1 aromatic heterocycles. The van der Waals surface area contributed by atoms with Gasteiger partial charge in [0, 0.05) is 5.69 Å². The fourth-order valence-corrected chi connectivity index (χ4v) is 1.08. The van der Waals surface area contributed by atoms with E-state index < -0.39 is 0 Å². The van der Waals surface area contributed by atoms with Crippen molar-refractivity contribution >= 4 is 12.2 Å². The van der Waals surface area contributed by atoms with Gasteiger partial charge < -0.3 is 4.98 Å². The molecule has 68 valence electrons. The normalized spacial score (nSPS) is 8.75. The number of hydrogen-bond donors (Lipinski definition) is 1. The van der Waals surface area contributed by atoms with Crippen molar-refractivity contribution in [2.75, 3.05) is 0 Å². The summed E-state index contributed by atoms with van der Waals surface area (Å²) in [7, 11) is 0. The van der Waals surface area contributed by atoms with E-state index in [1.54, 1.807) is 0 Å². The minimum atomic E-state index is 0.850. The SMILES string of the molecule is CC.Cc1cc(C)c(=S)[nH]c1C. The molecule has 0 aliphatic rings. The predicted molar refractivity (Wildman–Crippen MR) is 57.2 cm³/mol. The molecule has 0 spiro atoms. The first-order valence-corrected chi connectivity index (χ1v) is 4.69. The lowest BCUT2D eigenvalue weighted by Gasteiger charge is -2.00. The van der Waals surface area contributed by atoms with Gasteiger partial charge in [-0.3, -0.25) is 0 Å². The Bertz CT molecular complexity index is 299. The average Bonchev–Trinajstić information content (AvgIpc) is 2.05. The van der Waals surface area contributed by atoms with E-state index >= 15 is 0 Å². The zero-order chi connectivity index (χ0) is 9.72. The molecular weight excluding hydrogens is 166 g/mol. The fourth-order valence-electron chi connectivity index (χ4n) is 0.866. The van der Waals surface area contributed by atoms with Crippen LogP contribution in [0.3, 0.4) is 0 Å². The molecule has 0 unspecified atom stereocenters. The van der Waals surface area contributed by atoms with Crippen molar-refractivity contribution in [2.45, 2.75) is 34.6 Å². The molecule has 0 radical (unpaired) electrons. The van der Waals surface area contributed by atoms with Crippen LogP contribution < -0.4 is 0 Å². The number of aromatic nitrogens is 1. The molecule has 0 aliphatic carbocycles. The van der Waals surface area contributed by atoms with Gasteiger partial charge >= 0.3 is 0 Å². The Hall–Kier alpha value is -0.630. The summed E-state index contributed by atoms with van der Waals surface area (Å²) in [6, 6.07) is 2.11. The van der Waals surface area contributed by atoms with Crippen LogP contribution in [0.1, 0.15) is 30.7 Å². The highest BCUT2D eigenvalue weighted by Crippen LogP contribution is 2.06. The Labute approximate surface area is 79.8 Å². The highest BCUT2D eigenvalue weighted by atomic mass is 32.1. The van der Waals surface area contributed by atoms with Gasteiger partial charge in [0.2, 0.25) is 0 Å². The number of nitrogens with one attached hydrogen (secondary N) is 1. The second kappa shape index (κ2) is 5.09. The Morgan fingerprint density at radius 2 is 1.58 bits per heavy atom. The van der Waals surface area contributed by atoms with E-state index in [1.165, 1.54) is 5.56 Å². The van der Waals surface area contributed by atoms with Crippen LogP contribution in [0.2, 0.25) is 0 Å². The average molecular weight is 183 g/mol.